The molecule has 1 aliphatic carbocycles. The second-order valence-corrected chi connectivity index (χ2v) is 4.40. The van der Waals surface area contributed by atoms with Crippen LogP contribution < -0.4 is 4.90 Å². The van der Waals surface area contributed by atoms with E-state index >= 15 is 0 Å². The Labute approximate surface area is 99.6 Å². The number of nitrogens with zero attached hydrogens (tertiary/aromatic N) is 3. The van der Waals surface area contributed by atoms with Crippen molar-refractivity contribution in [1.82, 2.24) is 9.97 Å². The summed E-state index contributed by atoms with van der Waals surface area (Å²) in [6, 6.07) is 0.508. The summed E-state index contributed by atoms with van der Waals surface area (Å²) in [6.45, 7) is 0.847. The van der Waals surface area contributed by atoms with Gasteiger partial charge in [0.05, 0.1) is 12.4 Å². The monoisotopic (exact) mass is 243 g/mol. The molecular weight excluding hydrogens is 229 g/mol. The van der Waals surface area contributed by atoms with Gasteiger partial charge in [-0.25, -0.2) is 14.4 Å². The van der Waals surface area contributed by atoms with E-state index in [4.69, 9.17) is 11.6 Å². The maximum atomic E-state index is 12.7. The molecule has 1 heterocycles. The van der Waals surface area contributed by atoms with Crippen molar-refractivity contribution in [2.75, 3.05) is 17.3 Å². The van der Waals surface area contributed by atoms with Crippen molar-refractivity contribution in [3.05, 3.63) is 18.2 Å². The minimum Gasteiger partial charge on any atom is -0.338 e. The van der Waals surface area contributed by atoms with Crippen LogP contribution in [0, 0.1) is 5.82 Å². The number of anilines is 1. The molecule has 1 aromatic heterocycles. The van der Waals surface area contributed by atoms with Gasteiger partial charge in [0.1, 0.15) is 0 Å². The molecule has 16 heavy (non-hydrogen) atoms. The van der Waals surface area contributed by atoms with Crippen LogP contribution in [0.25, 0.3) is 0 Å². The molecule has 1 aliphatic rings. The van der Waals surface area contributed by atoms with Crippen molar-refractivity contribution in [3.63, 3.8) is 0 Å². The fraction of sp³-hybridized carbons (Fsp3) is 0.636. The molecule has 88 valence electrons. The van der Waals surface area contributed by atoms with E-state index in [9.17, 15) is 4.39 Å². The summed E-state index contributed by atoms with van der Waals surface area (Å²) in [7, 11) is 0. The average molecular weight is 244 g/mol. The molecule has 0 spiro atoms. The number of rotatable bonds is 5. The Kier molecular flexibility index (Phi) is 3.93. The Morgan fingerprint density at radius 3 is 2.56 bits per heavy atom. The van der Waals surface area contributed by atoms with Crippen LogP contribution in [0.1, 0.15) is 25.7 Å². The van der Waals surface area contributed by atoms with Gasteiger partial charge in [-0.05, 0) is 25.7 Å². The van der Waals surface area contributed by atoms with Gasteiger partial charge in [-0.2, -0.15) is 0 Å². The quantitative estimate of drug-likeness (QED) is 0.745. The van der Waals surface area contributed by atoms with E-state index in [1.165, 1.54) is 31.7 Å². The van der Waals surface area contributed by atoms with Crippen LogP contribution in [0.4, 0.5) is 10.3 Å². The zero-order chi connectivity index (χ0) is 11.4. The highest BCUT2D eigenvalue weighted by Gasteiger charge is 2.26. The molecule has 0 atom stereocenters. The lowest BCUT2D eigenvalue weighted by Gasteiger charge is -2.37. The molecule has 0 aliphatic heterocycles. The second-order valence-electron chi connectivity index (χ2n) is 4.02. The Morgan fingerprint density at radius 2 is 2.06 bits per heavy atom. The minimum atomic E-state index is -0.394. The highest BCUT2D eigenvalue weighted by molar-refractivity contribution is 6.17. The summed E-state index contributed by atoms with van der Waals surface area (Å²) in [5, 5.41) is 0. The summed E-state index contributed by atoms with van der Waals surface area (Å²) >= 11 is 5.70. The molecule has 0 saturated heterocycles. The van der Waals surface area contributed by atoms with Gasteiger partial charge in [-0.1, -0.05) is 0 Å². The summed E-state index contributed by atoms with van der Waals surface area (Å²) in [6.07, 6.45) is 6.93. The van der Waals surface area contributed by atoms with Gasteiger partial charge in [-0.3, -0.25) is 0 Å². The van der Waals surface area contributed by atoms with E-state index < -0.39 is 5.82 Å². The van der Waals surface area contributed by atoms with Crippen molar-refractivity contribution < 1.29 is 4.39 Å². The van der Waals surface area contributed by atoms with Crippen molar-refractivity contribution in [2.45, 2.75) is 31.7 Å². The fourth-order valence-corrected chi connectivity index (χ4v) is 1.95. The van der Waals surface area contributed by atoms with Crippen molar-refractivity contribution in [2.24, 2.45) is 0 Å². The SMILES string of the molecule is Fc1cnc(N(CCCCl)C2CCC2)nc1. The maximum Gasteiger partial charge on any atom is 0.225 e. The van der Waals surface area contributed by atoms with E-state index in [1.807, 2.05) is 0 Å². The van der Waals surface area contributed by atoms with E-state index in [1.54, 1.807) is 0 Å². The van der Waals surface area contributed by atoms with Gasteiger partial charge in [0, 0.05) is 18.5 Å². The van der Waals surface area contributed by atoms with E-state index in [-0.39, 0.29) is 0 Å². The van der Waals surface area contributed by atoms with Crippen molar-refractivity contribution >= 4 is 17.5 Å². The summed E-state index contributed by atoms with van der Waals surface area (Å²) in [4.78, 5) is 10.2. The first kappa shape index (κ1) is 11.6. The molecule has 0 aromatic carbocycles. The largest absolute Gasteiger partial charge is 0.338 e. The lowest BCUT2D eigenvalue weighted by molar-refractivity contribution is 0.381. The summed E-state index contributed by atoms with van der Waals surface area (Å²) in [5.74, 6) is 0.857. The number of aromatic nitrogens is 2. The van der Waals surface area contributed by atoms with Crippen LogP contribution in [0.2, 0.25) is 0 Å². The van der Waals surface area contributed by atoms with Gasteiger partial charge < -0.3 is 4.90 Å². The second kappa shape index (κ2) is 5.43. The van der Waals surface area contributed by atoms with Crippen molar-refractivity contribution in [3.8, 4) is 0 Å². The first-order chi connectivity index (χ1) is 7.81. The Bertz CT molecular complexity index is 327. The van der Waals surface area contributed by atoms with E-state index in [0.29, 0.717) is 17.9 Å². The molecule has 0 N–H and O–H groups in total. The Morgan fingerprint density at radius 1 is 1.38 bits per heavy atom. The normalized spacial score (nSPS) is 15.9. The number of alkyl halides is 1. The zero-order valence-corrected chi connectivity index (χ0v) is 9.83. The first-order valence-corrected chi connectivity index (χ1v) is 6.15. The van der Waals surface area contributed by atoms with Gasteiger partial charge in [0.2, 0.25) is 5.95 Å². The third-order valence-electron chi connectivity index (χ3n) is 2.91. The minimum absolute atomic E-state index is 0.394. The van der Waals surface area contributed by atoms with Gasteiger partial charge in [0.25, 0.3) is 0 Å². The molecular formula is C11H15ClFN3. The first-order valence-electron chi connectivity index (χ1n) is 5.61. The lowest BCUT2D eigenvalue weighted by atomic mass is 9.91. The Balaban J connectivity index is 2.07. The standard InChI is InChI=1S/C11H15ClFN3/c12-5-2-6-16(10-3-1-4-10)11-14-7-9(13)8-15-11/h7-8,10H,1-6H2. The highest BCUT2D eigenvalue weighted by atomic mass is 35.5. The molecule has 1 aromatic rings. The number of hydrogen-bond donors (Lipinski definition) is 0. The van der Waals surface area contributed by atoms with E-state index in [2.05, 4.69) is 14.9 Å². The topological polar surface area (TPSA) is 29.0 Å². The smallest absolute Gasteiger partial charge is 0.225 e. The zero-order valence-electron chi connectivity index (χ0n) is 9.07. The molecule has 0 amide bonds. The molecule has 0 unspecified atom stereocenters. The van der Waals surface area contributed by atoms with Crippen LogP contribution >= 0.6 is 11.6 Å². The van der Waals surface area contributed by atoms with E-state index in [0.717, 1.165) is 13.0 Å². The lowest BCUT2D eigenvalue weighted by Crippen LogP contribution is -2.42. The molecule has 0 bridgehead atoms. The van der Waals surface area contributed by atoms with Gasteiger partial charge in [-0.15, -0.1) is 11.6 Å². The maximum absolute atomic E-state index is 12.7. The predicted octanol–water partition coefficient (Wildman–Crippen LogP) is 2.60. The predicted molar refractivity (Wildman–Crippen MR) is 62.3 cm³/mol. The average Bonchev–Trinajstić information content (AvgIpc) is 2.23. The molecule has 1 saturated carbocycles. The fourth-order valence-electron chi connectivity index (χ4n) is 1.83. The Hall–Kier alpha value is -0.900. The van der Waals surface area contributed by atoms with Crippen molar-refractivity contribution in [1.29, 1.82) is 0 Å². The molecule has 3 nitrogen and oxygen atoms in total. The number of hydrogen-bond acceptors (Lipinski definition) is 3. The third kappa shape index (κ3) is 2.61. The van der Waals surface area contributed by atoms with Crippen LogP contribution in [0.5, 0.6) is 0 Å². The summed E-state index contributed by atoms with van der Waals surface area (Å²) in [5.41, 5.74) is 0. The van der Waals surface area contributed by atoms with Crippen LogP contribution in [0.15, 0.2) is 12.4 Å². The molecule has 2 rings (SSSR count). The molecule has 1 fully saturated rings. The van der Waals surface area contributed by atoms with Crippen LogP contribution in [-0.2, 0) is 0 Å². The van der Waals surface area contributed by atoms with Gasteiger partial charge in [0.15, 0.2) is 5.82 Å². The highest BCUT2D eigenvalue weighted by Crippen LogP contribution is 2.27. The molecule has 5 heteroatoms. The number of halogens is 2. The van der Waals surface area contributed by atoms with Crippen LogP contribution in [0.3, 0.4) is 0 Å². The van der Waals surface area contributed by atoms with Crippen LogP contribution in [-0.4, -0.2) is 28.4 Å². The molecule has 0 radical (unpaired) electrons. The third-order valence-corrected chi connectivity index (χ3v) is 3.18. The summed E-state index contributed by atoms with van der Waals surface area (Å²) < 4.78 is 12.7. The van der Waals surface area contributed by atoms with Gasteiger partial charge >= 0.3 is 0 Å².